The molecule has 0 spiro atoms. The first-order chi connectivity index (χ1) is 15.7. The van der Waals surface area contributed by atoms with Crippen molar-refractivity contribution < 1.29 is 32.0 Å². The first-order valence-corrected chi connectivity index (χ1v) is 11.7. The molecular weight excluding hydrogens is 450 g/mol. The molecular formula is C22H25N3O7S. The van der Waals surface area contributed by atoms with Crippen molar-refractivity contribution in [2.24, 2.45) is 5.73 Å². The Morgan fingerprint density at radius 1 is 1.21 bits per heavy atom. The normalized spacial score (nSPS) is 15.0. The average Bonchev–Trinajstić information content (AvgIpc) is 3.27. The van der Waals surface area contributed by atoms with E-state index < -0.39 is 32.8 Å². The minimum atomic E-state index is -4.13. The largest absolute Gasteiger partial charge is 0.462 e. The molecule has 0 radical (unpaired) electrons. The minimum Gasteiger partial charge on any atom is -0.462 e. The molecule has 1 aliphatic rings. The summed E-state index contributed by atoms with van der Waals surface area (Å²) in [6.45, 7) is 3.65. The van der Waals surface area contributed by atoms with Gasteiger partial charge in [0.05, 0.1) is 6.61 Å². The lowest BCUT2D eigenvalue weighted by Gasteiger charge is -2.30. The number of nitrogens with one attached hydrogen (secondary N) is 1. The predicted molar refractivity (Wildman–Crippen MR) is 118 cm³/mol. The second kappa shape index (κ2) is 10.5. The van der Waals surface area contributed by atoms with Crippen LogP contribution >= 0.6 is 0 Å². The van der Waals surface area contributed by atoms with Gasteiger partial charge in [0.2, 0.25) is 16.8 Å². The second-order valence-corrected chi connectivity index (χ2v) is 9.30. The van der Waals surface area contributed by atoms with Crippen molar-refractivity contribution in [1.82, 2.24) is 9.62 Å². The van der Waals surface area contributed by atoms with E-state index in [0.717, 1.165) is 22.0 Å². The number of furan rings is 1. The van der Waals surface area contributed by atoms with Crippen LogP contribution in [0, 0.1) is 0 Å². The number of benzene rings is 1. The summed E-state index contributed by atoms with van der Waals surface area (Å²) in [5.41, 5.74) is 5.89. The van der Waals surface area contributed by atoms with Gasteiger partial charge in [-0.05, 0) is 24.5 Å². The Morgan fingerprint density at radius 2 is 1.88 bits per heavy atom. The van der Waals surface area contributed by atoms with Crippen molar-refractivity contribution in [2.45, 2.75) is 30.4 Å². The first kappa shape index (κ1) is 24.2. The smallest absolute Gasteiger partial charge is 0.342 e. The summed E-state index contributed by atoms with van der Waals surface area (Å²) in [4.78, 5) is 35.7. The van der Waals surface area contributed by atoms with Gasteiger partial charge in [0, 0.05) is 31.6 Å². The van der Waals surface area contributed by atoms with Crippen molar-refractivity contribution in [3.05, 3.63) is 65.9 Å². The fourth-order valence-electron chi connectivity index (χ4n) is 3.44. The van der Waals surface area contributed by atoms with Gasteiger partial charge < -0.3 is 20.2 Å². The van der Waals surface area contributed by atoms with Crippen LogP contribution in [0.2, 0.25) is 0 Å². The highest BCUT2D eigenvalue weighted by Gasteiger charge is 2.35. The van der Waals surface area contributed by atoms with E-state index in [-0.39, 0.29) is 37.2 Å². The molecule has 176 valence electrons. The lowest BCUT2D eigenvalue weighted by Crippen LogP contribution is -2.46. The van der Waals surface area contributed by atoms with Crippen molar-refractivity contribution in [3.8, 4) is 0 Å². The van der Waals surface area contributed by atoms with Crippen LogP contribution in [0.5, 0.6) is 0 Å². The predicted octanol–water partition coefficient (Wildman–Crippen LogP) is 1.23. The van der Waals surface area contributed by atoms with Gasteiger partial charge in [-0.15, -0.1) is 0 Å². The molecule has 1 fully saturated rings. The maximum absolute atomic E-state index is 13.0. The SMILES string of the molecule is C=CC(=O)NC1CCN(S(=O)(=O)c2cc(C(=O)OCCc3ccccc3)c(C(N)=O)o2)CC1. The average molecular weight is 476 g/mol. The number of rotatable bonds is 9. The van der Waals surface area contributed by atoms with Crippen LogP contribution in [0.25, 0.3) is 0 Å². The Balaban J connectivity index is 1.70. The lowest BCUT2D eigenvalue weighted by molar-refractivity contribution is -0.117. The lowest BCUT2D eigenvalue weighted by atomic mass is 10.1. The molecule has 0 saturated carbocycles. The zero-order valence-electron chi connectivity index (χ0n) is 17.9. The molecule has 0 bridgehead atoms. The van der Waals surface area contributed by atoms with Crippen LogP contribution in [-0.4, -0.2) is 56.2 Å². The van der Waals surface area contributed by atoms with E-state index in [4.69, 9.17) is 14.9 Å². The number of nitrogens with two attached hydrogens (primary N) is 1. The molecule has 0 aliphatic carbocycles. The van der Waals surface area contributed by atoms with Crippen molar-refractivity contribution in [3.63, 3.8) is 0 Å². The van der Waals surface area contributed by atoms with E-state index in [0.29, 0.717) is 19.3 Å². The molecule has 1 aromatic carbocycles. The fourth-order valence-corrected chi connectivity index (χ4v) is 4.84. The molecule has 1 aromatic heterocycles. The van der Waals surface area contributed by atoms with Gasteiger partial charge in [-0.3, -0.25) is 9.59 Å². The van der Waals surface area contributed by atoms with Gasteiger partial charge >= 0.3 is 5.97 Å². The van der Waals surface area contributed by atoms with E-state index in [1.165, 1.54) is 0 Å². The molecule has 2 heterocycles. The van der Waals surface area contributed by atoms with Crippen molar-refractivity contribution in [2.75, 3.05) is 19.7 Å². The Hall–Kier alpha value is -3.44. The van der Waals surface area contributed by atoms with Crippen LogP contribution in [0.4, 0.5) is 0 Å². The summed E-state index contributed by atoms with van der Waals surface area (Å²) in [7, 11) is -4.13. The zero-order valence-corrected chi connectivity index (χ0v) is 18.7. The number of amides is 2. The number of carbonyl (C=O) groups is 3. The molecule has 10 nitrogen and oxygen atoms in total. The third kappa shape index (κ3) is 5.88. The molecule has 1 saturated heterocycles. The van der Waals surface area contributed by atoms with E-state index in [2.05, 4.69) is 11.9 Å². The van der Waals surface area contributed by atoms with Crippen LogP contribution in [0.15, 0.2) is 58.6 Å². The molecule has 2 aromatic rings. The number of hydrogen-bond acceptors (Lipinski definition) is 7. The highest BCUT2D eigenvalue weighted by molar-refractivity contribution is 7.89. The third-order valence-electron chi connectivity index (χ3n) is 5.20. The maximum atomic E-state index is 13.0. The fraction of sp³-hybridized carbons (Fsp3) is 0.318. The van der Waals surface area contributed by atoms with Crippen LogP contribution < -0.4 is 11.1 Å². The zero-order chi connectivity index (χ0) is 24.0. The van der Waals surface area contributed by atoms with E-state index in [9.17, 15) is 22.8 Å². The number of esters is 1. The molecule has 3 N–H and O–H groups in total. The quantitative estimate of drug-likeness (QED) is 0.409. The Morgan fingerprint density at radius 3 is 2.48 bits per heavy atom. The summed E-state index contributed by atoms with van der Waals surface area (Å²) in [6, 6.07) is 10.1. The summed E-state index contributed by atoms with van der Waals surface area (Å²) in [5, 5.41) is 2.16. The second-order valence-electron chi connectivity index (χ2n) is 7.44. The van der Waals surface area contributed by atoms with E-state index in [1.54, 1.807) is 0 Å². The number of ether oxygens (including phenoxy) is 1. The van der Waals surface area contributed by atoms with Crippen LogP contribution in [0.3, 0.4) is 0 Å². The Bertz CT molecular complexity index is 1130. The number of piperidine rings is 1. The number of nitrogens with zero attached hydrogens (tertiary/aromatic N) is 1. The topological polar surface area (TPSA) is 149 Å². The first-order valence-electron chi connectivity index (χ1n) is 10.3. The molecule has 0 atom stereocenters. The Labute approximate surface area is 191 Å². The van der Waals surface area contributed by atoms with Gasteiger partial charge in [0.1, 0.15) is 5.56 Å². The molecule has 11 heteroatoms. The molecule has 1 aliphatic heterocycles. The summed E-state index contributed by atoms with van der Waals surface area (Å²) in [6.07, 6.45) is 2.36. The molecule has 3 rings (SSSR count). The standard InChI is InChI=1S/C22H25N3O7S/c1-2-18(26)24-16-8-11-25(12-9-16)33(29,30)19-14-17(20(32-19)21(23)27)22(28)31-13-10-15-6-4-3-5-7-15/h2-7,14,16H,1,8-13H2,(H2,23,27)(H,24,26). The van der Waals surface area contributed by atoms with Crippen LogP contribution in [-0.2, 0) is 26.0 Å². The summed E-state index contributed by atoms with van der Waals surface area (Å²) < 4.78 is 37.6. The van der Waals surface area contributed by atoms with Crippen molar-refractivity contribution in [1.29, 1.82) is 0 Å². The highest BCUT2D eigenvalue weighted by Crippen LogP contribution is 2.26. The van der Waals surface area contributed by atoms with Gasteiger partial charge in [0.25, 0.3) is 15.9 Å². The third-order valence-corrected chi connectivity index (χ3v) is 6.95. The van der Waals surface area contributed by atoms with Crippen LogP contribution in [0.1, 0.15) is 39.3 Å². The van der Waals surface area contributed by atoms with Gasteiger partial charge in [-0.1, -0.05) is 36.9 Å². The van der Waals surface area contributed by atoms with E-state index in [1.807, 2.05) is 30.3 Å². The highest BCUT2D eigenvalue weighted by atomic mass is 32.2. The molecule has 0 unspecified atom stereocenters. The number of carbonyl (C=O) groups excluding carboxylic acids is 3. The maximum Gasteiger partial charge on any atom is 0.342 e. The van der Waals surface area contributed by atoms with Gasteiger partial charge in [0.15, 0.2) is 0 Å². The molecule has 2 amide bonds. The monoisotopic (exact) mass is 475 g/mol. The van der Waals surface area contributed by atoms with Gasteiger partial charge in [-0.25, -0.2) is 13.2 Å². The van der Waals surface area contributed by atoms with E-state index >= 15 is 0 Å². The summed E-state index contributed by atoms with van der Waals surface area (Å²) in [5.74, 6) is -2.90. The minimum absolute atomic E-state index is 0.0260. The van der Waals surface area contributed by atoms with Gasteiger partial charge in [-0.2, -0.15) is 4.31 Å². The molecule has 33 heavy (non-hydrogen) atoms. The van der Waals surface area contributed by atoms with Crippen molar-refractivity contribution >= 4 is 27.8 Å². The number of sulfonamides is 1. The number of primary amides is 1. The number of hydrogen-bond donors (Lipinski definition) is 2. The Kier molecular flexibility index (Phi) is 7.67. The summed E-state index contributed by atoms with van der Waals surface area (Å²) >= 11 is 0.